The fourth-order valence-corrected chi connectivity index (χ4v) is 3.40. The second-order valence-corrected chi connectivity index (χ2v) is 5.74. The van der Waals surface area contributed by atoms with E-state index in [1.807, 2.05) is 18.2 Å². The van der Waals surface area contributed by atoms with E-state index in [1.54, 1.807) is 0 Å². The van der Waals surface area contributed by atoms with E-state index in [0.29, 0.717) is 5.41 Å². The van der Waals surface area contributed by atoms with E-state index in [2.05, 4.69) is 15.9 Å². The third-order valence-electron chi connectivity index (χ3n) is 3.31. The van der Waals surface area contributed by atoms with Crippen molar-refractivity contribution < 1.29 is 0 Å². The molecule has 0 saturated heterocycles. The molecule has 0 N–H and O–H groups in total. The summed E-state index contributed by atoms with van der Waals surface area (Å²) < 4.78 is 0. The topological polar surface area (TPSA) is 0 Å². The predicted molar refractivity (Wildman–Crippen MR) is 70.2 cm³/mol. The van der Waals surface area contributed by atoms with E-state index in [9.17, 15) is 0 Å². The molecule has 82 valence electrons. The highest BCUT2D eigenvalue weighted by atomic mass is 79.9. The summed E-state index contributed by atoms with van der Waals surface area (Å²) in [6.45, 7) is 0. The summed E-state index contributed by atoms with van der Waals surface area (Å²) in [6, 6.07) is 5.74. The molecule has 3 heteroatoms. The number of halogens is 3. The van der Waals surface area contributed by atoms with Crippen molar-refractivity contribution in [1.29, 1.82) is 0 Å². The largest absolute Gasteiger partial charge is 0.0922 e. The van der Waals surface area contributed by atoms with Crippen LogP contribution < -0.4 is 0 Å². The summed E-state index contributed by atoms with van der Waals surface area (Å²) in [4.78, 5) is 0. The van der Waals surface area contributed by atoms with Crippen LogP contribution in [0.1, 0.15) is 24.8 Å². The average Bonchev–Trinajstić information content (AvgIpc) is 2.15. The summed E-state index contributed by atoms with van der Waals surface area (Å²) in [7, 11) is 0. The van der Waals surface area contributed by atoms with Crippen LogP contribution in [-0.4, -0.2) is 5.33 Å². The lowest BCUT2D eigenvalue weighted by molar-refractivity contribution is 0.170. The Hall–Kier alpha value is 0.280. The molecule has 0 amide bonds. The highest BCUT2D eigenvalue weighted by Gasteiger charge is 2.36. The molecule has 1 aliphatic rings. The number of hydrogen-bond donors (Lipinski definition) is 0. The molecule has 1 aliphatic carbocycles. The highest BCUT2D eigenvalue weighted by Crippen LogP contribution is 2.46. The molecule has 0 atom stereocenters. The molecule has 2 rings (SSSR count). The Morgan fingerprint density at radius 1 is 1.20 bits per heavy atom. The Morgan fingerprint density at radius 2 is 1.80 bits per heavy atom. The maximum Gasteiger partial charge on any atom is 0.0453 e. The maximum atomic E-state index is 6.17. The zero-order valence-corrected chi connectivity index (χ0v) is 11.5. The normalized spacial score (nSPS) is 18.6. The van der Waals surface area contributed by atoms with Crippen molar-refractivity contribution in [3.05, 3.63) is 33.8 Å². The molecular weight excluding hydrogens is 295 g/mol. The molecule has 1 aromatic rings. The molecule has 0 aromatic heterocycles. The van der Waals surface area contributed by atoms with Crippen LogP contribution in [-0.2, 0) is 6.42 Å². The van der Waals surface area contributed by atoms with Gasteiger partial charge in [-0.15, -0.1) is 0 Å². The van der Waals surface area contributed by atoms with E-state index in [-0.39, 0.29) is 0 Å². The standard InChI is InChI=1S/C12H13BrCl2/c13-8-12(5-2-6-12)7-9-10(14)3-1-4-11(9)15/h1,3-4H,2,5-8H2. The van der Waals surface area contributed by atoms with Gasteiger partial charge in [-0.1, -0.05) is 51.6 Å². The zero-order chi connectivity index (χ0) is 10.9. The molecule has 1 saturated carbocycles. The number of alkyl halides is 1. The number of rotatable bonds is 3. The summed E-state index contributed by atoms with van der Waals surface area (Å²) in [5.41, 5.74) is 1.51. The van der Waals surface area contributed by atoms with Gasteiger partial charge >= 0.3 is 0 Å². The summed E-state index contributed by atoms with van der Waals surface area (Å²) in [5, 5.41) is 2.64. The van der Waals surface area contributed by atoms with E-state index in [4.69, 9.17) is 23.2 Å². The van der Waals surface area contributed by atoms with Crippen LogP contribution >= 0.6 is 39.1 Å². The van der Waals surface area contributed by atoms with Crippen molar-refractivity contribution >= 4 is 39.1 Å². The fourth-order valence-electron chi connectivity index (χ4n) is 2.11. The van der Waals surface area contributed by atoms with Crippen LogP contribution in [0, 0.1) is 5.41 Å². The maximum absolute atomic E-state index is 6.17. The Balaban J connectivity index is 2.23. The van der Waals surface area contributed by atoms with Crippen LogP contribution in [0.15, 0.2) is 18.2 Å². The third-order valence-corrected chi connectivity index (χ3v) is 5.21. The molecule has 0 aliphatic heterocycles. The van der Waals surface area contributed by atoms with Crippen LogP contribution in [0.25, 0.3) is 0 Å². The van der Waals surface area contributed by atoms with E-state index in [1.165, 1.54) is 19.3 Å². The molecule has 1 fully saturated rings. The molecule has 0 bridgehead atoms. The van der Waals surface area contributed by atoms with Gasteiger partial charge in [0.15, 0.2) is 0 Å². The van der Waals surface area contributed by atoms with Crippen LogP contribution in [0.5, 0.6) is 0 Å². The van der Waals surface area contributed by atoms with Crippen molar-refractivity contribution in [3.63, 3.8) is 0 Å². The highest BCUT2D eigenvalue weighted by molar-refractivity contribution is 9.09. The molecule has 0 unspecified atom stereocenters. The van der Waals surface area contributed by atoms with Gasteiger partial charge in [-0.25, -0.2) is 0 Å². The second-order valence-electron chi connectivity index (χ2n) is 4.36. The lowest BCUT2D eigenvalue weighted by atomic mass is 9.67. The van der Waals surface area contributed by atoms with Crippen molar-refractivity contribution in [3.8, 4) is 0 Å². The van der Waals surface area contributed by atoms with E-state index in [0.717, 1.165) is 27.4 Å². The molecule has 0 nitrogen and oxygen atoms in total. The summed E-state index contributed by atoms with van der Waals surface area (Å²) in [6.07, 6.45) is 4.88. The van der Waals surface area contributed by atoms with Gasteiger partial charge in [-0.05, 0) is 42.4 Å². The van der Waals surface area contributed by atoms with Gasteiger partial charge in [0.25, 0.3) is 0 Å². The molecule has 1 aromatic carbocycles. The first-order valence-electron chi connectivity index (χ1n) is 5.16. The quantitative estimate of drug-likeness (QED) is 0.681. The average molecular weight is 308 g/mol. The van der Waals surface area contributed by atoms with Gasteiger partial charge in [0.1, 0.15) is 0 Å². The molecule has 15 heavy (non-hydrogen) atoms. The van der Waals surface area contributed by atoms with Gasteiger partial charge < -0.3 is 0 Å². The lowest BCUT2D eigenvalue weighted by Crippen LogP contribution is -2.33. The van der Waals surface area contributed by atoms with E-state index >= 15 is 0 Å². The Morgan fingerprint density at radius 3 is 2.20 bits per heavy atom. The van der Waals surface area contributed by atoms with Gasteiger partial charge in [-0.3, -0.25) is 0 Å². The molecule has 0 spiro atoms. The second kappa shape index (κ2) is 4.65. The third kappa shape index (κ3) is 2.35. The van der Waals surface area contributed by atoms with Crippen molar-refractivity contribution in [2.24, 2.45) is 5.41 Å². The Labute approximate surface area is 109 Å². The first-order valence-corrected chi connectivity index (χ1v) is 7.03. The number of benzene rings is 1. The summed E-state index contributed by atoms with van der Waals surface area (Å²) >= 11 is 16.0. The van der Waals surface area contributed by atoms with E-state index < -0.39 is 0 Å². The molecule has 0 heterocycles. The Bertz CT molecular complexity index is 333. The minimum Gasteiger partial charge on any atom is -0.0922 e. The van der Waals surface area contributed by atoms with Gasteiger partial charge in [-0.2, -0.15) is 0 Å². The van der Waals surface area contributed by atoms with Gasteiger partial charge in [0, 0.05) is 15.4 Å². The summed E-state index contributed by atoms with van der Waals surface area (Å²) in [5.74, 6) is 0. The fraction of sp³-hybridized carbons (Fsp3) is 0.500. The Kier molecular flexibility index (Phi) is 3.64. The van der Waals surface area contributed by atoms with Gasteiger partial charge in [0.2, 0.25) is 0 Å². The van der Waals surface area contributed by atoms with Crippen molar-refractivity contribution in [2.75, 3.05) is 5.33 Å². The minimum absolute atomic E-state index is 0.397. The van der Waals surface area contributed by atoms with Crippen LogP contribution in [0.3, 0.4) is 0 Å². The van der Waals surface area contributed by atoms with Crippen molar-refractivity contribution in [2.45, 2.75) is 25.7 Å². The first-order chi connectivity index (χ1) is 7.17. The van der Waals surface area contributed by atoms with Gasteiger partial charge in [0.05, 0.1) is 0 Å². The minimum atomic E-state index is 0.397. The lowest BCUT2D eigenvalue weighted by Gasteiger charge is -2.41. The SMILES string of the molecule is Clc1cccc(Cl)c1CC1(CBr)CCC1. The molecule has 0 radical (unpaired) electrons. The zero-order valence-electron chi connectivity index (χ0n) is 8.40. The monoisotopic (exact) mass is 306 g/mol. The number of hydrogen-bond acceptors (Lipinski definition) is 0. The van der Waals surface area contributed by atoms with Crippen LogP contribution in [0.4, 0.5) is 0 Å². The van der Waals surface area contributed by atoms with Crippen LogP contribution in [0.2, 0.25) is 10.0 Å². The molecular formula is C12H13BrCl2. The first kappa shape index (κ1) is 11.8. The van der Waals surface area contributed by atoms with Crippen molar-refractivity contribution in [1.82, 2.24) is 0 Å². The smallest absolute Gasteiger partial charge is 0.0453 e. The predicted octanol–water partition coefficient (Wildman–Crippen LogP) is 5.10.